The van der Waals surface area contributed by atoms with Crippen molar-refractivity contribution in [1.82, 2.24) is 16.0 Å². The van der Waals surface area contributed by atoms with Crippen molar-refractivity contribution < 1.29 is 34.5 Å². The molecule has 0 aromatic rings. The van der Waals surface area contributed by atoms with Gasteiger partial charge in [0.15, 0.2) is 6.04 Å². The van der Waals surface area contributed by atoms with Crippen LogP contribution in [0.15, 0.2) is 0 Å². The molecule has 12 heteroatoms. The van der Waals surface area contributed by atoms with Gasteiger partial charge < -0.3 is 37.0 Å². The molecule has 0 aromatic heterocycles. The molecule has 0 rings (SSSR count). The van der Waals surface area contributed by atoms with Gasteiger partial charge in [-0.25, -0.2) is 4.79 Å². The maximum absolute atomic E-state index is 12.4. The lowest BCUT2D eigenvalue weighted by Crippen LogP contribution is -2.57. The van der Waals surface area contributed by atoms with E-state index in [-0.39, 0.29) is 6.42 Å². The number of hydrogen-bond acceptors (Lipinski definition) is 8. The highest BCUT2D eigenvalue weighted by Gasteiger charge is 2.29. The van der Waals surface area contributed by atoms with Gasteiger partial charge in [0.05, 0.1) is 12.7 Å². The molecule has 0 heterocycles. The van der Waals surface area contributed by atoms with E-state index in [1.165, 1.54) is 25.6 Å². The molecule has 11 nitrogen and oxygen atoms in total. The summed E-state index contributed by atoms with van der Waals surface area (Å²) in [4.78, 5) is 47.3. The molecule has 0 aliphatic rings. The van der Waals surface area contributed by atoms with Crippen LogP contribution in [-0.4, -0.2) is 87.9 Å². The summed E-state index contributed by atoms with van der Waals surface area (Å²) in [5.74, 6) is -3.06. The number of rotatable bonds is 12. The van der Waals surface area contributed by atoms with Crippen LogP contribution in [0.2, 0.25) is 0 Å². The summed E-state index contributed by atoms with van der Waals surface area (Å²) in [6.45, 7) is 1.96. The van der Waals surface area contributed by atoms with E-state index in [0.29, 0.717) is 5.75 Å². The topological polar surface area (TPSA) is 191 Å². The molecule has 0 saturated heterocycles. The number of aliphatic carboxylic acids is 1. The zero-order valence-electron chi connectivity index (χ0n) is 15.5. The average molecular weight is 408 g/mol. The third-order valence-electron chi connectivity index (χ3n) is 3.58. The van der Waals surface area contributed by atoms with E-state index >= 15 is 0 Å². The van der Waals surface area contributed by atoms with Crippen molar-refractivity contribution in [1.29, 1.82) is 0 Å². The Kier molecular flexibility index (Phi) is 11.6. The molecule has 3 amide bonds. The number of aliphatic hydroxyl groups excluding tert-OH is 2. The van der Waals surface area contributed by atoms with Gasteiger partial charge in [-0.3, -0.25) is 14.4 Å². The van der Waals surface area contributed by atoms with Crippen molar-refractivity contribution in [2.24, 2.45) is 5.73 Å². The van der Waals surface area contributed by atoms with E-state index < -0.39 is 60.6 Å². The van der Waals surface area contributed by atoms with Gasteiger partial charge in [-0.15, -0.1) is 0 Å². The number of carbonyl (C=O) groups excluding carboxylic acids is 3. The van der Waals surface area contributed by atoms with Crippen molar-refractivity contribution >= 4 is 35.5 Å². The number of aliphatic hydroxyl groups is 2. The number of carboxylic acids is 1. The predicted molar refractivity (Wildman–Crippen MR) is 98.8 cm³/mol. The normalized spacial score (nSPS) is 16.4. The standard InChI is InChI=1S/C15H28N4O7S/c1-7(12(22)19-11(8(2)21)15(25)26)17-14(24)10(4-5-27-3)18-13(23)9(16)6-20/h7-11,20-21H,4-6,16H2,1-3H3,(H,17,24)(H,18,23)(H,19,22)(H,25,26). The minimum atomic E-state index is -1.52. The molecular formula is C15H28N4O7S. The lowest BCUT2D eigenvalue weighted by atomic mass is 10.1. The molecule has 0 aromatic carbocycles. The molecule has 0 saturated carbocycles. The Labute approximate surface area is 161 Å². The van der Waals surface area contributed by atoms with Crippen LogP contribution in [0, 0.1) is 0 Å². The fraction of sp³-hybridized carbons (Fsp3) is 0.733. The third-order valence-corrected chi connectivity index (χ3v) is 4.22. The fourth-order valence-corrected chi connectivity index (χ4v) is 2.38. The van der Waals surface area contributed by atoms with Gasteiger partial charge in [-0.2, -0.15) is 11.8 Å². The maximum Gasteiger partial charge on any atom is 0.328 e. The summed E-state index contributed by atoms with van der Waals surface area (Å²) in [5.41, 5.74) is 5.41. The van der Waals surface area contributed by atoms with Crippen LogP contribution in [0.5, 0.6) is 0 Å². The lowest BCUT2D eigenvalue weighted by molar-refractivity contribution is -0.145. The molecule has 0 radical (unpaired) electrons. The second kappa shape index (κ2) is 12.5. The van der Waals surface area contributed by atoms with Crippen LogP contribution >= 0.6 is 11.8 Å². The van der Waals surface area contributed by atoms with Crippen LogP contribution in [-0.2, 0) is 19.2 Å². The Hall–Kier alpha value is -1.89. The highest BCUT2D eigenvalue weighted by atomic mass is 32.2. The SMILES string of the molecule is CSCCC(NC(=O)C(N)CO)C(=O)NC(C)C(=O)NC(C(=O)O)C(C)O. The monoisotopic (exact) mass is 408 g/mol. The first-order chi connectivity index (χ1) is 12.5. The van der Waals surface area contributed by atoms with E-state index in [2.05, 4.69) is 16.0 Å². The number of amides is 3. The first-order valence-electron chi connectivity index (χ1n) is 8.22. The van der Waals surface area contributed by atoms with Crippen molar-refractivity contribution in [2.45, 2.75) is 50.5 Å². The van der Waals surface area contributed by atoms with Gasteiger partial charge in [0.2, 0.25) is 17.7 Å². The second-order valence-electron chi connectivity index (χ2n) is 5.93. The van der Waals surface area contributed by atoms with E-state index in [9.17, 15) is 24.3 Å². The zero-order valence-corrected chi connectivity index (χ0v) is 16.3. The van der Waals surface area contributed by atoms with E-state index in [1.807, 2.05) is 6.26 Å². The van der Waals surface area contributed by atoms with Crippen LogP contribution in [0.3, 0.4) is 0 Å². The smallest absolute Gasteiger partial charge is 0.328 e. The summed E-state index contributed by atoms with van der Waals surface area (Å²) < 4.78 is 0. The van der Waals surface area contributed by atoms with Gasteiger partial charge in [-0.05, 0) is 32.3 Å². The fourth-order valence-electron chi connectivity index (χ4n) is 1.91. The van der Waals surface area contributed by atoms with Crippen molar-refractivity contribution in [2.75, 3.05) is 18.6 Å². The molecule has 0 spiro atoms. The second-order valence-corrected chi connectivity index (χ2v) is 6.91. The molecule has 0 fully saturated rings. The minimum absolute atomic E-state index is 0.261. The lowest BCUT2D eigenvalue weighted by Gasteiger charge is -2.23. The Morgan fingerprint density at radius 1 is 1.04 bits per heavy atom. The van der Waals surface area contributed by atoms with Gasteiger partial charge in [0.1, 0.15) is 18.1 Å². The number of carboxylic acid groups (broad SMARTS) is 1. The summed E-state index contributed by atoms with van der Waals surface area (Å²) in [6.07, 6.45) is 0.744. The van der Waals surface area contributed by atoms with E-state index in [4.69, 9.17) is 15.9 Å². The molecule has 0 aliphatic heterocycles. The highest BCUT2D eigenvalue weighted by molar-refractivity contribution is 7.98. The third kappa shape index (κ3) is 9.04. The van der Waals surface area contributed by atoms with Crippen LogP contribution in [0.4, 0.5) is 0 Å². The summed E-state index contributed by atoms with van der Waals surface area (Å²) in [6, 6.07) is -4.80. The van der Waals surface area contributed by atoms with Crippen molar-refractivity contribution in [3.63, 3.8) is 0 Å². The van der Waals surface area contributed by atoms with Gasteiger partial charge >= 0.3 is 5.97 Å². The number of nitrogens with two attached hydrogens (primary N) is 1. The first-order valence-corrected chi connectivity index (χ1v) is 9.61. The first kappa shape index (κ1) is 25.1. The molecule has 5 unspecified atom stereocenters. The molecule has 27 heavy (non-hydrogen) atoms. The maximum atomic E-state index is 12.4. The van der Waals surface area contributed by atoms with Gasteiger partial charge in [0, 0.05) is 0 Å². The Morgan fingerprint density at radius 2 is 1.63 bits per heavy atom. The Balaban J connectivity index is 4.95. The van der Waals surface area contributed by atoms with Gasteiger partial charge in [-0.1, -0.05) is 0 Å². The summed E-state index contributed by atoms with van der Waals surface area (Å²) in [5, 5.41) is 34.2. The summed E-state index contributed by atoms with van der Waals surface area (Å²) in [7, 11) is 0. The largest absolute Gasteiger partial charge is 0.480 e. The molecule has 156 valence electrons. The van der Waals surface area contributed by atoms with Crippen LogP contribution in [0.1, 0.15) is 20.3 Å². The number of hydrogen-bond donors (Lipinski definition) is 7. The highest BCUT2D eigenvalue weighted by Crippen LogP contribution is 2.03. The molecule has 8 N–H and O–H groups in total. The van der Waals surface area contributed by atoms with Crippen molar-refractivity contribution in [3.8, 4) is 0 Å². The number of carbonyl (C=O) groups is 4. The molecular weight excluding hydrogens is 380 g/mol. The number of nitrogens with one attached hydrogen (secondary N) is 3. The Bertz CT molecular complexity index is 532. The predicted octanol–water partition coefficient (Wildman–Crippen LogP) is -3.00. The average Bonchev–Trinajstić information content (AvgIpc) is 2.60. The summed E-state index contributed by atoms with van der Waals surface area (Å²) >= 11 is 1.44. The molecule has 0 bridgehead atoms. The van der Waals surface area contributed by atoms with Gasteiger partial charge in [0.25, 0.3) is 0 Å². The molecule has 0 aliphatic carbocycles. The van der Waals surface area contributed by atoms with Crippen molar-refractivity contribution in [3.05, 3.63) is 0 Å². The van der Waals surface area contributed by atoms with E-state index in [0.717, 1.165) is 0 Å². The van der Waals surface area contributed by atoms with E-state index in [1.54, 1.807) is 0 Å². The van der Waals surface area contributed by atoms with Crippen LogP contribution < -0.4 is 21.7 Å². The Morgan fingerprint density at radius 3 is 2.07 bits per heavy atom. The zero-order chi connectivity index (χ0) is 21.1. The quantitative estimate of drug-likeness (QED) is 0.176. The minimum Gasteiger partial charge on any atom is -0.480 e. The van der Waals surface area contributed by atoms with Crippen LogP contribution in [0.25, 0.3) is 0 Å². The number of thioether (sulfide) groups is 1. The molecule has 5 atom stereocenters.